The van der Waals surface area contributed by atoms with Crippen molar-refractivity contribution in [2.75, 3.05) is 26.7 Å². The van der Waals surface area contributed by atoms with Gasteiger partial charge < -0.3 is 4.57 Å². The van der Waals surface area contributed by atoms with E-state index in [0.717, 1.165) is 50.1 Å². The fraction of sp³-hybridized carbons (Fsp3) is 0.706. The molecule has 0 radical (unpaired) electrons. The smallest absolute Gasteiger partial charge is 0.146 e. The largest absolute Gasteiger partial charge is 0.317 e. The molecule has 132 valence electrons. The number of likely N-dealkylation sites (tertiary alicyclic amines) is 1. The second-order valence-electron chi connectivity index (χ2n) is 7.03. The zero-order valence-corrected chi connectivity index (χ0v) is 15.5. The molecular formula is C17H29N7. The lowest BCUT2D eigenvalue weighted by Gasteiger charge is -2.24. The summed E-state index contributed by atoms with van der Waals surface area (Å²) in [5, 5.41) is 13.0. The van der Waals surface area contributed by atoms with Gasteiger partial charge in [0.1, 0.15) is 11.6 Å². The van der Waals surface area contributed by atoms with Crippen LogP contribution in [0.15, 0.2) is 6.07 Å². The summed E-state index contributed by atoms with van der Waals surface area (Å²) in [6.07, 6.45) is 1.21. The summed E-state index contributed by atoms with van der Waals surface area (Å²) in [7, 11) is 4.23. The van der Waals surface area contributed by atoms with E-state index in [1.807, 2.05) is 14.0 Å². The van der Waals surface area contributed by atoms with Crippen LogP contribution in [0.5, 0.6) is 0 Å². The molecule has 2 aromatic rings. The minimum atomic E-state index is 0.586. The molecule has 3 heterocycles. The van der Waals surface area contributed by atoms with Crippen LogP contribution in [0.25, 0.3) is 0 Å². The van der Waals surface area contributed by atoms with E-state index in [1.165, 1.54) is 12.1 Å². The molecule has 0 bridgehead atoms. The summed E-state index contributed by atoms with van der Waals surface area (Å²) in [4.78, 5) is 4.95. The van der Waals surface area contributed by atoms with Crippen LogP contribution in [0.3, 0.4) is 0 Å². The van der Waals surface area contributed by atoms with E-state index >= 15 is 0 Å². The Morgan fingerprint density at radius 1 is 1.21 bits per heavy atom. The molecule has 0 saturated carbocycles. The molecule has 24 heavy (non-hydrogen) atoms. The molecule has 1 aliphatic heterocycles. The quantitative estimate of drug-likeness (QED) is 0.795. The predicted octanol–water partition coefficient (Wildman–Crippen LogP) is 1.14. The number of rotatable bonds is 6. The van der Waals surface area contributed by atoms with Crippen LogP contribution in [-0.4, -0.2) is 67.1 Å². The number of aromatic nitrogens is 5. The van der Waals surface area contributed by atoms with Crippen molar-refractivity contribution in [3.8, 4) is 0 Å². The van der Waals surface area contributed by atoms with Gasteiger partial charge in [0.15, 0.2) is 0 Å². The molecule has 3 rings (SSSR count). The average Bonchev–Trinajstić information content (AvgIpc) is 3.21. The highest BCUT2D eigenvalue weighted by molar-refractivity contribution is 5.06. The molecule has 7 nitrogen and oxygen atoms in total. The molecule has 0 amide bonds. The van der Waals surface area contributed by atoms with E-state index in [2.05, 4.69) is 61.3 Å². The van der Waals surface area contributed by atoms with Gasteiger partial charge in [0, 0.05) is 31.9 Å². The minimum Gasteiger partial charge on any atom is -0.317 e. The predicted molar refractivity (Wildman–Crippen MR) is 93.8 cm³/mol. The van der Waals surface area contributed by atoms with Crippen molar-refractivity contribution in [2.45, 2.75) is 46.3 Å². The van der Waals surface area contributed by atoms with Crippen LogP contribution in [-0.2, 0) is 20.1 Å². The van der Waals surface area contributed by atoms with Crippen LogP contribution >= 0.6 is 0 Å². The molecule has 0 aromatic carbocycles. The maximum Gasteiger partial charge on any atom is 0.146 e. The Hall–Kier alpha value is -1.73. The van der Waals surface area contributed by atoms with E-state index in [4.69, 9.17) is 0 Å². The van der Waals surface area contributed by atoms with Crippen LogP contribution in [0.4, 0.5) is 0 Å². The lowest BCUT2D eigenvalue weighted by molar-refractivity contribution is 0.215. The summed E-state index contributed by atoms with van der Waals surface area (Å²) in [6, 6.07) is 2.73. The number of likely N-dealkylation sites (N-methyl/N-ethyl adjacent to an activating group) is 1. The fourth-order valence-electron chi connectivity index (χ4n) is 3.45. The highest BCUT2D eigenvalue weighted by atomic mass is 15.3. The van der Waals surface area contributed by atoms with Gasteiger partial charge in [0.05, 0.1) is 18.8 Å². The third-order valence-corrected chi connectivity index (χ3v) is 5.18. The maximum absolute atomic E-state index is 4.55. The molecule has 1 saturated heterocycles. The van der Waals surface area contributed by atoms with Gasteiger partial charge in [-0.05, 0) is 46.9 Å². The lowest BCUT2D eigenvalue weighted by atomic mass is 10.2. The molecular weight excluding hydrogens is 302 g/mol. The van der Waals surface area contributed by atoms with Crippen molar-refractivity contribution in [2.24, 2.45) is 7.05 Å². The summed E-state index contributed by atoms with van der Waals surface area (Å²) in [6.45, 7) is 11.3. The zero-order valence-electron chi connectivity index (χ0n) is 15.5. The molecule has 2 aromatic heterocycles. The second kappa shape index (κ2) is 7.03. The molecule has 0 aliphatic carbocycles. The molecule has 0 N–H and O–H groups in total. The van der Waals surface area contributed by atoms with Gasteiger partial charge in [0.2, 0.25) is 0 Å². The molecule has 1 unspecified atom stereocenters. The summed E-state index contributed by atoms with van der Waals surface area (Å²) < 4.78 is 4.20. The fourth-order valence-corrected chi connectivity index (χ4v) is 3.45. The number of hydrogen-bond acceptors (Lipinski definition) is 5. The Kier molecular flexibility index (Phi) is 5.01. The van der Waals surface area contributed by atoms with Crippen molar-refractivity contribution < 1.29 is 0 Å². The van der Waals surface area contributed by atoms with Gasteiger partial charge in [-0.2, -0.15) is 5.10 Å². The second-order valence-corrected chi connectivity index (χ2v) is 7.03. The van der Waals surface area contributed by atoms with E-state index in [-0.39, 0.29) is 0 Å². The van der Waals surface area contributed by atoms with E-state index in [9.17, 15) is 0 Å². The Labute approximate surface area is 144 Å². The number of nitrogens with zero attached hydrogens (tertiary/aromatic N) is 7. The molecule has 0 spiro atoms. The van der Waals surface area contributed by atoms with Crippen LogP contribution in [0.2, 0.25) is 0 Å². The Bertz CT molecular complexity index is 687. The van der Waals surface area contributed by atoms with Gasteiger partial charge in [0.25, 0.3) is 0 Å². The molecule has 1 fully saturated rings. The highest BCUT2D eigenvalue weighted by Crippen LogP contribution is 2.16. The first kappa shape index (κ1) is 17.1. The number of aryl methyl sites for hydroxylation is 3. The SMILES string of the molecule is Cc1cc(C)n(CCN2CCC(N(C)Cc3nnc(C)n3C)C2)n1. The Balaban J connectivity index is 1.49. The third kappa shape index (κ3) is 3.67. The monoisotopic (exact) mass is 331 g/mol. The molecule has 7 heteroatoms. The molecule has 1 atom stereocenters. The van der Waals surface area contributed by atoms with Gasteiger partial charge in [-0.15, -0.1) is 10.2 Å². The van der Waals surface area contributed by atoms with E-state index in [1.54, 1.807) is 0 Å². The van der Waals surface area contributed by atoms with Crippen molar-refractivity contribution in [1.29, 1.82) is 0 Å². The third-order valence-electron chi connectivity index (χ3n) is 5.18. The summed E-state index contributed by atoms with van der Waals surface area (Å²) >= 11 is 0. The van der Waals surface area contributed by atoms with Crippen LogP contribution < -0.4 is 0 Å². The Morgan fingerprint density at radius 2 is 2.00 bits per heavy atom. The van der Waals surface area contributed by atoms with E-state index in [0.29, 0.717) is 6.04 Å². The van der Waals surface area contributed by atoms with Gasteiger partial charge in [-0.3, -0.25) is 14.5 Å². The first-order valence-electron chi connectivity index (χ1n) is 8.72. The standard InChI is InChI=1S/C17H29N7/c1-13-10-14(2)24(20-13)9-8-23-7-6-16(11-23)21(4)12-17-19-18-15(3)22(17)5/h10,16H,6-9,11-12H2,1-5H3. The van der Waals surface area contributed by atoms with Crippen LogP contribution in [0, 0.1) is 20.8 Å². The number of hydrogen-bond donors (Lipinski definition) is 0. The average molecular weight is 331 g/mol. The zero-order chi connectivity index (χ0) is 17.3. The summed E-state index contributed by atoms with van der Waals surface area (Å²) in [5.74, 6) is 2.01. The minimum absolute atomic E-state index is 0.586. The lowest BCUT2D eigenvalue weighted by Crippen LogP contribution is -2.35. The first-order valence-corrected chi connectivity index (χ1v) is 8.72. The van der Waals surface area contributed by atoms with Crippen molar-refractivity contribution in [3.63, 3.8) is 0 Å². The van der Waals surface area contributed by atoms with Gasteiger partial charge in [-0.25, -0.2) is 0 Å². The van der Waals surface area contributed by atoms with Crippen molar-refractivity contribution in [1.82, 2.24) is 34.3 Å². The molecule has 1 aliphatic rings. The summed E-state index contributed by atoms with van der Waals surface area (Å²) in [5.41, 5.74) is 2.35. The van der Waals surface area contributed by atoms with Gasteiger partial charge >= 0.3 is 0 Å². The maximum atomic E-state index is 4.55. The highest BCUT2D eigenvalue weighted by Gasteiger charge is 2.26. The topological polar surface area (TPSA) is 55.0 Å². The normalized spacial score (nSPS) is 18.8. The van der Waals surface area contributed by atoms with Crippen molar-refractivity contribution >= 4 is 0 Å². The van der Waals surface area contributed by atoms with Gasteiger partial charge in [-0.1, -0.05) is 0 Å². The first-order chi connectivity index (χ1) is 11.4. The Morgan fingerprint density at radius 3 is 2.62 bits per heavy atom. The van der Waals surface area contributed by atoms with E-state index < -0.39 is 0 Å². The van der Waals surface area contributed by atoms with Crippen molar-refractivity contribution in [3.05, 3.63) is 29.1 Å². The van der Waals surface area contributed by atoms with Crippen LogP contribution in [0.1, 0.15) is 29.5 Å².